The monoisotopic (exact) mass is 369 g/mol. The lowest BCUT2D eigenvalue weighted by molar-refractivity contribution is -0.137. The van der Waals surface area contributed by atoms with Crippen molar-refractivity contribution in [1.82, 2.24) is 9.80 Å². The molecule has 1 aromatic carbocycles. The Bertz CT molecular complexity index is 798. The van der Waals surface area contributed by atoms with Crippen molar-refractivity contribution in [1.29, 1.82) is 0 Å². The second-order valence-electron chi connectivity index (χ2n) is 7.71. The van der Waals surface area contributed by atoms with E-state index in [9.17, 15) is 9.59 Å². The predicted molar refractivity (Wildman–Crippen MR) is 103 cm³/mol. The lowest BCUT2D eigenvalue weighted by Gasteiger charge is -2.31. The maximum Gasteiger partial charge on any atom is 0.240 e. The fraction of sp³-hybridized carbons (Fsp3) is 0.524. The Kier molecular flexibility index (Phi) is 5.16. The summed E-state index contributed by atoms with van der Waals surface area (Å²) in [6.45, 7) is 1.76. The highest BCUT2D eigenvalue weighted by atomic mass is 16.3. The highest BCUT2D eigenvalue weighted by molar-refractivity contribution is 5.84. The molecule has 2 N–H and O–H groups in total. The number of primary amides is 1. The van der Waals surface area contributed by atoms with Crippen LogP contribution in [-0.4, -0.2) is 53.3 Å². The van der Waals surface area contributed by atoms with Crippen molar-refractivity contribution in [2.24, 2.45) is 5.73 Å². The molecule has 2 fully saturated rings. The molecular formula is C21H27N3O3. The molecule has 27 heavy (non-hydrogen) atoms. The van der Waals surface area contributed by atoms with E-state index in [4.69, 9.17) is 10.2 Å². The minimum Gasteiger partial charge on any atom is -0.461 e. The summed E-state index contributed by atoms with van der Waals surface area (Å²) in [5, 5.41) is 1.12. The highest BCUT2D eigenvalue weighted by Gasteiger charge is 2.38. The van der Waals surface area contributed by atoms with Gasteiger partial charge in [-0.1, -0.05) is 18.2 Å². The molecule has 2 amide bonds. The molecule has 0 aliphatic carbocycles. The van der Waals surface area contributed by atoms with E-state index in [1.54, 1.807) is 0 Å². The first kappa shape index (κ1) is 18.0. The molecule has 0 bridgehead atoms. The number of para-hydroxylation sites is 1. The third-order valence-corrected chi connectivity index (χ3v) is 5.87. The van der Waals surface area contributed by atoms with Gasteiger partial charge in [-0.2, -0.15) is 0 Å². The third-order valence-electron chi connectivity index (χ3n) is 5.87. The first-order valence-electron chi connectivity index (χ1n) is 9.92. The number of hydrogen-bond acceptors (Lipinski definition) is 4. The van der Waals surface area contributed by atoms with Gasteiger partial charge in [0.1, 0.15) is 11.3 Å². The van der Waals surface area contributed by atoms with Crippen molar-refractivity contribution in [2.45, 2.75) is 50.6 Å². The van der Waals surface area contributed by atoms with Crippen LogP contribution in [0.15, 0.2) is 34.7 Å². The minimum absolute atomic E-state index is 0.167. The normalized spacial score (nSPS) is 23.3. The third kappa shape index (κ3) is 3.86. The Morgan fingerprint density at radius 2 is 1.96 bits per heavy atom. The molecule has 2 aromatic rings. The molecule has 2 saturated heterocycles. The number of likely N-dealkylation sites (tertiary alicyclic amines) is 2. The first-order valence-corrected chi connectivity index (χ1v) is 9.92. The number of furan rings is 1. The van der Waals surface area contributed by atoms with Gasteiger partial charge in [0, 0.05) is 24.4 Å². The molecule has 4 rings (SSSR count). The molecule has 1 aromatic heterocycles. The quantitative estimate of drug-likeness (QED) is 0.847. The number of nitrogens with zero attached hydrogens (tertiary/aromatic N) is 2. The second-order valence-corrected chi connectivity index (χ2v) is 7.71. The van der Waals surface area contributed by atoms with Crippen molar-refractivity contribution >= 4 is 22.8 Å². The Morgan fingerprint density at radius 3 is 2.78 bits per heavy atom. The van der Waals surface area contributed by atoms with E-state index in [1.165, 1.54) is 0 Å². The number of fused-ring (bicyclic) bond motifs is 1. The summed E-state index contributed by atoms with van der Waals surface area (Å²) in [4.78, 5) is 28.4. The Hall–Kier alpha value is -2.34. The summed E-state index contributed by atoms with van der Waals surface area (Å²) in [6, 6.07) is 10.2. The lowest BCUT2D eigenvalue weighted by atomic mass is 10.1. The van der Waals surface area contributed by atoms with Gasteiger partial charge in [-0.15, -0.1) is 0 Å². The average molecular weight is 369 g/mol. The zero-order valence-electron chi connectivity index (χ0n) is 15.6. The van der Waals surface area contributed by atoms with Crippen molar-refractivity contribution in [3.8, 4) is 0 Å². The van der Waals surface area contributed by atoms with Crippen molar-refractivity contribution in [3.63, 3.8) is 0 Å². The molecule has 6 heteroatoms. The van der Waals surface area contributed by atoms with E-state index in [2.05, 4.69) is 12.1 Å². The maximum atomic E-state index is 13.1. The van der Waals surface area contributed by atoms with E-state index in [1.807, 2.05) is 28.0 Å². The van der Waals surface area contributed by atoms with Crippen LogP contribution in [0.25, 0.3) is 11.0 Å². The first-order chi connectivity index (χ1) is 13.1. The fourth-order valence-corrected chi connectivity index (χ4v) is 4.58. The fourth-order valence-electron chi connectivity index (χ4n) is 4.58. The lowest BCUT2D eigenvalue weighted by Crippen LogP contribution is -2.49. The zero-order valence-corrected chi connectivity index (χ0v) is 15.6. The minimum atomic E-state index is -0.363. The van der Waals surface area contributed by atoms with Gasteiger partial charge in [0.2, 0.25) is 11.8 Å². The Balaban J connectivity index is 1.39. The number of carbonyl (C=O) groups is 2. The van der Waals surface area contributed by atoms with E-state index in [0.29, 0.717) is 0 Å². The topological polar surface area (TPSA) is 79.8 Å². The van der Waals surface area contributed by atoms with Crippen LogP contribution in [-0.2, 0) is 16.0 Å². The van der Waals surface area contributed by atoms with E-state index in [-0.39, 0.29) is 30.4 Å². The summed E-state index contributed by atoms with van der Waals surface area (Å²) < 4.78 is 5.92. The number of rotatable bonds is 6. The van der Waals surface area contributed by atoms with Crippen molar-refractivity contribution in [3.05, 3.63) is 36.1 Å². The molecule has 3 heterocycles. The van der Waals surface area contributed by atoms with Crippen LogP contribution in [0.2, 0.25) is 0 Å². The number of carbonyl (C=O) groups excluding carboxylic acids is 2. The second kappa shape index (κ2) is 7.72. The van der Waals surface area contributed by atoms with E-state index < -0.39 is 0 Å². The van der Waals surface area contributed by atoms with E-state index >= 15 is 0 Å². The maximum absolute atomic E-state index is 13.1. The van der Waals surface area contributed by atoms with Gasteiger partial charge in [0.15, 0.2) is 0 Å². The van der Waals surface area contributed by atoms with Gasteiger partial charge < -0.3 is 15.1 Å². The standard InChI is InChI=1S/C21H27N3O3/c22-20(25)14-23-11-4-7-18(23)21(26)24-12-3-6-16(24)9-10-17-13-15-5-1-2-8-19(15)27-17/h1-2,5,8,13,16,18H,3-4,6-7,9-12,14H2,(H2,22,25)/t16-,18+/m0/s1. The van der Waals surface area contributed by atoms with Crippen LogP contribution >= 0.6 is 0 Å². The SMILES string of the molecule is NC(=O)CN1CCC[C@@H]1C(=O)N1CCC[C@H]1CCc1cc2ccccc2o1. The van der Waals surface area contributed by atoms with Gasteiger partial charge in [-0.05, 0) is 50.8 Å². The summed E-state index contributed by atoms with van der Waals surface area (Å²) >= 11 is 0. The van der Waals surface area contributed by atoms with Crippen LogP contribution < -0.4 is 5.73 Å². The number of nitrogens with two attached hydrogens (primary N) is 1. The molecule has 0 saturated carbocycles. The van der Waals surface area contributed by atoms with Crippen molar-refractivity contribution in [2.75, 3.05) is 19.6 Å². The summed E-state index contributed by atoms with van der Waals surface area (Å²) in [5.41, 5.74) is 6.26. The zero-order chi connectivity index (χ0) is 18.8. The molecule has 0 radical (unpaired) electrons. The Morgan fingerprint density at radius 1 is 1.15 bits per heavy atom. The van der Waals surface area contributed by atoms with Gasteiger partial charge >= 0.3 is 0 Å². The summed E-state index contributed by atoms with van der Waals surface area (Å²) in [7, 11) is 0. The summed E-state index contributed by atoms with van der Waals surface area (Å²) in [6.07, 6.45) is 5.58. The van der Waals surface area contributed by atoms with Crippen LogP contribution in [0.5, 0.6) is 0 Å². The van der Waals surface area contributed by atoms with Gasteiger partial charge in [-0.3, -0.25) is 14.5 Å². The molecule has 6 nitrogen and oxygen atoms in total. The molecule has 0 spiro atoms. The molecule has 0 unspecified atom stereocenters. The van der Waals surface area contributed by atoms with Crippen LogP contribution in [0.1, 0.15) is 37.9 Å². The largest absolute Gasteiger partial charge is 0.461 e. The average Bonchev–Trinajstić information content (AvgIpc) is 3.37. The number of benzene rings is 1. The molecule has 2 aliphatic rings. The number of hydrogen-bond donors (Lipinski definition) is 1. The highest BCUT2D eigenvalue weighted by Crippen LogP contribution is 2.28. The van der Waals surface area contributed by atoms with Gasteiger partial charge in [-0.25, -0.2) is 0 Å². The molecule has 2 atom stereocenters. The predicted octanol–water partition coefficient (Wildman–Crippen LogP) is 2.31. The van der Waals surface area contributed by atoms with Crippen LogP contribution in [0, 0.1) is 0 Å². The van der Waals surface area contributed by atoms with Gasteiger partial charge in [0.25, 0.3) is 0 Å². The summed E-state index contributed by atoms with van der Waals surface area (Å²) in [5.74, 6) is 0.783. The molecular weight excluding hydrogens is 342 g/mol. The van der Waals surface area contributed by atoms with Crippen molar-refractivity contribution < 1.29 is 14.0 Å². The molecule has 144 valence electrons. The number of amides is 2. The van der Waals surface area contributed by atoms with Gasteiger partial charge in [0.05, 0.1) is 12.6 Å². The number of aryl methyl sites for hydroxylation is 1. The van der Waals surface area contributed by atoms with E-state index in [0.717, 1.165) is 68.3 Å². The van der Waals surface area contributed by atoms with Crippen LogP contribution in [0.3, 0.4) is 0 Å². The Labute approximate surface area is 159 Å². The van der Waals surface area contributed by atoms with Crippen LogP contribution in [0.4, 0.5) is 0 Å². The smallest absolute Gasteiger partial charge is 0.240 e. The molecule has 2 aliphatic heterocycles.